The number of rotatable bonds is 3. The van der Waals surface area contributed by atoms with Crippen LogP contribution < -0.4 is 5.32 Å². The van der Waals surface area contributed by atoms with E-state index in [9.17, 15) is 9.18 Å². The Kier molecular flexibility index (Phi) is 4.35. The third kappa shape index (κ3) is 3.03. The van der Waals surface area contributed by atoms with Crippen LogP contribution in [0.1, 0.15) is 36.5 Å². The molecule has 1 aromatic heterocycles. The van der Waals surface area contributed by atoms with E-state index >= 15 is 0 Å². The third-order valence-electron chi connectivity index (χ3n) is 3.80. The van der Waals surface area contributed by atoms with Gasteiger partial charge in [-0.25, -0.2) is 9.37 Å². The number of amides is 1. The molecule has 1 fully saturated rings. The highest BCUT2D eigenvalue weighted by molar-refractivity contribution is 5.98. The number of likely N-dealkylation sites (tertiary alicyclic amines) is 1. The summed E-state index contributed by atoms with van der Waals surface area (Å²) in [5, 5.41) is 2.84. The quantitative estimate of drug-likeness (QED) is 0.913. The summed E-state index contributed by atoms with van der Waals surface area (Å²) in [5.74, 6) is 0.527. The average molecular weight is 265 g/mol. The van der Waals surface area contributed by atoms with Gasteiger partial charge in [0.1, 0.15) is 11.6 Å². The Labute approximate surface area is 113 Å². The van der Waals surface area contributed by atoms with E-state index in [4.69, 9.17) is 0 Å². The maximum Gasteiger partial charge on any atom is 0.257 e. The molecule has 19 heavy (non-hydrogen) atoms. The highest BCUT2D eigenvalue weighted by Gasteiger charge is 2.24. The highest BCUT2D eigenvalue weighted by Crippen LogP contribution is 2.23. The fourth-order valence-corrected chi connectivity index (χ4v) is 2.52. The Morgan fingerprint density at radius 3 is 2.79 bits per heavy atom. The van der Waals surface area contributed by atoms with E-state index in [0.717, 1.165) is 38.5 Å². The topological polar surface area (TPSA) is 45.2 Å². The van der Waals surface area contributed by atoms with E-state index in [1.807, 2.05) is 0 Å². The first-order chi connectivity index (χ1) is 9.15. The van der Waals surface area contributed by atoms with Gasteiger partial charge in [-0.2, -0.15) is 0 Å². The van der Waals surface area contributed by atoms with Gasteiger partial charge in [-0.15, -0.1) is 0 Å². The van der Waals surface area contributed by atoms with Gasteiger partial charge in [0.15, 0.2) is 0 Å². The van der Waals surface area contributed by atoms with Crippen molar-refractivity contribution >= 4 is 11.7 Å². The first kappa shape index (κ1) is 13.8. The smallest absolute Gasteiger partial charge is 0.257 e. The molecule has 5 heteroatoms. The molecule has 0 atom stereocenters. The minimum absolute atomic E-state index is 0.133. The average Bonchev–Trinajstić information content (AvgIpc) is 2.46. The van der Waals surface area contributed by atoms with Gasteiger partial charge >= 0.3 is 0 Å². The van der Waals surface area contributed by atoms with Crippen molar-refractivity contribution in [3.05, 3.63) is 23.6 Å². The Morgan fingerprint density at radius 1 is 1.53 bits per heavy atom. The molecule has 1 N–H and O–H groups in total. The van der Waals surface area contributed by atoms with Gasteiger partial charge in [0.25, 0.3) is 5.91 Å². The molecule has 104 valence electrons. The molecule has 4 nitrogen and oxygen atoms in total. The van der Waals surface area contributed by atoms with E-state index in [1.54, 1.807) is 11.9 Å². The fraction of sp³-hybridized carbons (Fsp3) is 0.571. The van der Waals surface area contributed by atoms with Gasteiger partial charge in [0.2, 0.25) is 0 Å². The largest absolute Gasteiger partial charge is 0.372 e. The van der Waals surface area contributed by atoms with E-state index in [1.165, 1.54) is 6.07 Å². The van der Waals surface area contributed by atoms with Gasteiger partial charge < -0.3 is 10.2 Å². The van der Waals surface area contributed by atoms with Crippen molar-refractivity contribution in [1.29, 1.82) is 0 Å². The summed E-state index contributed by atoms with van der Waals surface area (Å²) < 4.78 is 13.3. The lowest BCUT2D eigenvalue weighted by atomic mass is 9.94. The molecule has 1 saturated heterocycles. The van der Waals surface area contributed by atoms with Crippen LogP contribution >= 0.6 is 0 Å². The van der Waals surface area contributed by atoms with Crippen LogP contribution in [0.3, 0.4) is 0 Å². The third-order valence-corrected chi connectivity index (χ3v) is 3.80. The Balaban J connectivity index is 2.14. The summed E-state index contributed by atoms with van der Waals surface area (Å²) in [4.78, 5) is 18.1. The maximum absolute atomic E-state index is 13.3. The molecule has 0 unspecified atom stereocenters. The summed E-state index contributed by atoms with van der Waals surface area (Å²) in [6, 6.07) is 1.26. The molecule has 1 aliphatic heterocycles. The monoisotopic (exact) mass is 265 g/mol. The van der Waals surface area contributed by atoms with Gasteiger partial charge in [-0.05, 0) is 24.8 Å². The van der Waals surface area contributed by atoms with Crippen LogP contribution in [-0.4, -0.2) is 35.9 Å². The number of carbonyl (C=O) groups excluding carboxylic acids is 1. The molecule has 0 radical (unpaired) electrons. The molecule has 0 bridgehead atoms. The minimum Gasteiger partial charge on any atom is -0.372 e. The van der Waals surface area contributed by atoms with Crippen molar-refractivity contribution in [2.75, 3.05) is 25.5 Å². The van der Waals surface area contributed by atoms with E-state index in [-0.39, 0.29) is 5.91 Å². The second-order valence-electron chi connectivity index (χ2n) is 4.94. The Hall–Kier alpha value is -1.65. The highest BCUT2D eigenvalue weighted by atomic mass is 19.1. The molecule has 1 aromatic rings. The summed E-state index contributed by atoms with van der Waals surface area (Å²) in [6.07, 6.45) is 4.33. The number of pyridine rings is 1. The number of halogens is 1. The summed E-state index contributed by atoms with van der Waals surface area (Å²) in [5.41, 5.74) is 0.317. The summed E-state index contributed by atoms with van der Waals surface area (Å²) >= 11 is 0. The second kappa shape index (κ2) is 5.99. The van der Waals surface area contributed by atoms with Gasteiger partial charge in [-0.1, -0.05) is 13.3 Å². The van der Waals surface area contributed by atoms with Crippen molar-refractivity contribution in [1.82, 2.24) is 9.88 Å². The van der Waals surface area contributed by atoms with Gasteiger partial charge in [0.05, 0.1) is 11.8 Å². The Bertz CT molecular complexity index is 456. The van der Waals surface area contributed by atoms with Crippen LogP contribution in [0.25, 0.3) is 0 Å². The van der Waals surface area contributed by atoms with Crippen LogP contribution in [0.15, 0.2) is 12.3 Å². The number of piperidine rings is 1. The van der Waals surface area contributed by atoms with E-state index in [2.05, 4.69) is 17.2 Å². The Morgan fingerprint density at radius 2 is 2.21 bits per heavy atom. The zero-order valence-corrected chi connectivity index (χ0v) is 11.4. The minimum atomic E-state index is -0.481. The van der Waals surface area contributed by atoms with Gasteiger partial charge in [-0.3, -0.25) is 4.79 Å². The predicted molar refractivity (Wildman–Crippen MR) is 72.7 cm³/mol. The number of hydrogen-bond acceptors (Lipinski definition) is 3. The second-order valence-corrected chi connectivity index (χ2v) is 4.94. The molecule has 1 amide bonds. The number of anilines is 1. The lowest BCUT2D eigenvalue weighted by Crippen LogP contribution is -2.38. The molecular formula is C14H20FN3O. The van der Waals surface area contributed by atoms with Crippen molar-refractivity contribution in [2.24, 2.45) is 5.92 Å². The lowest BCUT2D eigenvalue weighted by molar-refractivity contribution is 0.0689. The van der Waals surface area contributed by atoms with Crippen LogP contribution in [0.2, 0.25) is 0 Å². The zero-order chi connectivity index (χ0) is 13.8. The first-order valence-corrected chi connectivity index (χ1v) is 6.78. The van der Waals surface area contributed by atoms with Crippen LogP contribution in [0, 0.1) is 11.7 Å². The predicted octanol–water partition coefficient (Wildman–Crippen LogP) is 2.52. The fourth-order valence-electron chi connectivity index (χ4n) is 2.52. The number of carbonyl (C=O) groups is 1. The van der Waals surface area contributed by atoms with E-state index < -0.39 is 5.82 Å². The number of nitrogens with one attached hydrogen (secondary N) is 1. The molecule has 0 saturated carbocycles. The lowest BCUT2D eigenvalue weighted by Gasteiger charge is -2.31. The molecule has 0 spiro atoms. The number of aromatic nitrogens is 1. The normalized spacial score (nSPS) is 16.5. The van der Waals surface area contributed by atoms with Crippen molar-refractivity contribution < 1.29 is 9.18 Å². The van der Waals surface area contributed by atoms with Crippen molar-refractivity contribution in [3.63, 3.8) is 0 Å². The van der Waals surface area contributed by atoms with Crippen molar-refractivity contribution in [3.8, 4) is 0 Å². The molecule has 0 aliphatic carbocycles. The number of nitrogens with zero attached hydrogens (tertiary/aromatic N) is 2. The molecular weight excluding hydrogens is 245 g/mol. The van der Waals surface area contributed by atoms with E-state index in [0.29, 0.717) is 17.3 Å². The SMILES string of the molecule is CCC1CCN(C(=O)c2cc(F)cnc2NC)CC1. The molecule has 0 aromatic carbocycles. The number of hydrogen-bond donors (Lipinski definition) is 1. The summed E-state index contributed by atoms with van der Waals surface area (Å²) in [6.45, 7) is 3.67. The van der Waals surface area contributed by atoms with Crippen molar-refractivity contribution in [2.45, 2.75) is 26.2 Å². The molecule has 1 aliphatic rings. The van der Waals surface area contributed by atoms with Crippen LogP contribution in [0.4, 0.5) is 10.2 Å². The van der Waals surface area contributed by atoms with Gasteiger partial charge in [0, 0.05) is 20.1 Å². The zero-order valence-electron chi connectivity index (χ0n) is 11.4. The van der Waals surface area contributed by atoms with Crippen LogP contribution in [-0.2, 0) is 0 Å². The molecule has 2 rings (SSSR count). The van der Waals surface area contributed by atoms with Crippen LogP contribution in [0.5, 0.6) is 0 Å². The maximum atomic E-state index is 13.3. The summed E-state index contributed by atoms with van der Waals surface area (Å²) in [7, 11) is 1.68. The standard InChI is InChI=1S/C14H20FN3O/c1-3-10-4-6-18(7-5-10)14(19)12-8-11(15)9-17-13(12)16-2/h8-10H,3-7H2,1-2H3,(H,16,17). The molecule has 2 heterocycles. The first-order valence-electron chi connectivity index (χ1n) is 6.78.